The first-order valence-corrected chi connectivity index (χ1v) is 7.69. The maximum absolute atomic E-state index is 12.3. The van der Waals surface area contributed by atoms with E-state index in [1.165, 1.54) is 11.1 Å². The molecule has 0 atom stereocenters. The van der Waals surface area contributed by atoms with Gasteiger partial charge in [-0.2, -0.15) is 0 Å². The molecule has 3 rings (SSSR count). The van der Waals surface area contributed by atoms with Crippen LogP contribution in [0.5, 0.6) is 0 Å². The molecular weight excluding hydrogens is 248 g/mol. The Labute approximate surface area is 120 Å². The molecule has 0 spiro atoms. The minimum Gasteiger partial charge on any atom is -0.354 e. The molecule has 2 aliphatic carbocycles. The Hall–Kier alpha value is -1.35. The summed E-state index contributed by atoms with van der Waals surface area (Å²) in [7, 11) is 0. The maximum atomic E-state index is 12.3. The molecular formula is C17H24N2O. The predicted molar refractivity (Wildman–Crippen MR) is 80.5 cm³/mol. The predicted octanol–water partition coefficient (Wildman–Crippen LogP) is 2.41. The number of nitrogens with one attached hydrogen (secondary N) is 1. The van der Waals surface area contributed by atoms with Crippen LogP contribution >= 0.6 is 0 Å². The Balaban J connectivity index is 1.67. The summed E-state index contributed by atoms with van der Waals surface area (Å²) in [5, 5.41) is 3.13. The molecule has 0 bridgehead atoms. The minimum atomic E-state index is -0.609. The Morgan fingerprint density at radius 3 is 2.45 bits per heavy atom. The van der Waals surface area contributed by atoms with Gasteiger partial charge in [-0.3, -0.25) is 4.79 Å². The van der Waals surface area contributed by atoms with E-state index in [4.69, 9.17) is 5.73 Å². The number of nitrogens with two attached hydrogens (primary N) is 1. The van der Waals surface area contributed by atoms with E-state index >= 15 is 0 Å². The zero-order valence-electron chi connectivity index (χ0n) is 12.2. The van der Waals surface area contributed by atoms with E-state index in [9.17, 15) is 4.79 Å². The minimum absolute atomic E-state index is 0.0508. The van der Waals surface area contributed by atoms with Gasteiger partial charge < -0.3 is 11.1 Å². The van der Waals surface area contributed by atoms with Crippen LogP contribution in [0.2, 0.25) is 0 Å². The third-order valence-corrected chi connectivity index (χ3v) is 5.11. The third kappa shape index (κ3) is 2.35. The van der Waals surface area contributed by atoms with Crippen LogP contribution < -0.4 is 11.1 Å². The van der Waals surface area contributed by atoms with Crippen molar-refractivity contribution in [3.8, 4) is 0 Å². The molecule has 1 aromatic rings. The number of carbonyl (C=O) groups excluding carboxylic acids is 1. The molecule has 20 heavy (non-hydrogen) atoms. The van der Waals surface area contributed by atoms with E-state index in [1.54, 1.807) is 0 Å². The van der Waals surface area contributed by atoms with Gasteiger partial charge in [0, 0.05) is 12.0 Å². The molecule has 0 aliphatic heterocycles. The lowest BCUT2D eigenvalue weighted by atomic mass is 9.91. The molecule has 0 radical (unpaired) electrons. The monoisotopic (exact) mass is 272 g/mol. The Morgan fingerprint density at radius 1 is 1.20 bits per heavy atom. The van der Waals surface area contributed by atoms with E-state index in [-0.39, 0.29) is 11.3 Å². The number of hydrogen-bond donors (Lipinski definition) is 2. The average molecular weight is 272 g/mol. The summed E-state index contributed by atoms with van der Waals surface area (Å²) in [6.45, 7) is 2.88. The molecule has 108 valence electrons. The Kier molecular flexibility index (Phi) is 3.33. The fourth-order valence-electron chi connectivity index (χ4n) is 3.52. The second kappa shape index (κ2) is 4.88. The van der Waals surface area contributed by atoms with Crippen molar-refractivity contribution in [1.29, 1.82) is 0 Å². The van der Waals surface area contributed by atoms with Crippen molar-refractivity contribution >= 4 is 5.91 Å². The first kappa shape index (κ1) is 13.6. The summed E-state index contributed by atoms with van der Waals surface area (Å²) in [5.41, 5.74) is 8.47. The molecule has 3 nitrogen and oxygen atoms in total. The number of benzene rings is 1. The number of amides is 1. The molecule has 2 fully saturated rings. The fraction of sp³-hybridized carbons (Fsp3) is 0.588. The largest absolute Gasteiger partial charge is 0.354 e. The van der Waals surface area contributed by atoms with E-state index in [0.29, 0.717) is 0 Å². The van der Waals surface area contributed by atoms with Gasteiger partial charge in [0.2, 0.25) is 5.91 Å². The third-order valence-electron chi connectivity index (χ3n) is 5.11. The Bertz CT molecular complexity index is 513. The quantitative estimate of drug-likeness (QED) is 0.884. The van der Waals surface area contributed by atoms with E-state index < -0.39 is 5.54 Å². The van der Waals surface area contributed by atoms with E-state index in [1.807, 2.05) is 0 Å². The van der Waals surface area contributed by atoms with Gasteiger partial charge in [-0.15, -0.1) is 0 Å². The standard InChI is InChI=1S/C17H24N2O/c1-13-6-2-3-7-14(13)16(10-11-16)12-19-15(20)17(18)8-4-5-9-17/h2-3,6-7H,4-5,8-12,18H2,1H3,(H,19,20). The molecule has 3 heteroatoms. The highest BCUT2D eigenvalue weighted by Gasteiger charge is 2.46. The second-order valence-corrected chi connectivity index (χ2v) is 6.64. The lowest BCUT2D eigenvalue weighted by molar-refractivity contribution is -0.126. The highest BCUT2D eigenvalue weighted by atomic mass is 16.2. The second-order valence-electron chi connectivity index (χ2n) is 6.64. The molecule has 2 aliphatic rings. The highest BCUT2D eigenvalue weighted by Crippen LogP contribution is 2.48. The smallest absolute Gasteiger partial charge is 0.240 e. The van der Waals surface area contributed by atoms with Gasteiger partial charge in [0.15, 0.2) is 0 Å². The van der Waals surface area contributed by atoms with Crippen LogP contribution in [0.1, 0.15) is 49.7 Å². The van der Waals surface area contributed by atoms with Gasteiger partial charge in [-0.05, 0) is 43.7 Å². The average Bonchev–Trinajstić information content (AvgIpc) is 3.10. The summed E-state index contributed by atoms with van der Waals surface area (Å²) in [4.78, 5) is 12.3. The maximum Gasteiger partial charge on any atom is 0.240 e. The number of carbonyl (C=O) groups is 1. The molecule has 0 heterocycles. The van der Waals surface area contributed by atoms with Gasteiger partial charge >= 0.3 is 0 Å². The summed E-state index contributed by atoms with van der Waals surface area (Å²) in [6.07, 6.45) is 6.14. The summed E-state index contributed by atoms with van der Waals surface area (Å²) < 4.78 is 0. The van der Waals surface area contributed by atoms with Crippen molar-refractivity contribution in [3.05, 3.63) is 35.4 Å². The summed E-state index contributed by atoms with van der Waals surface area (Å²) >= 11 is 0. The van der Waals surface area contributed by atoms with Crippen LogP contribution in [0.3, 0.4) is 0 Å². The van der Waals surface area contributed by atoms with Crippen molar-refractivity contribution in [3.63, 3.8) is 0 Å². The number of aryl methyl sites for hydroxylation is 1. The zero-order valence-corrected chi connectivity index (χ0v) is 12.2. The van der Waals surface area contributed by atoms with Crippen LogP contribution in [0, 0.1) is 6.92 Å². The summed E-state index contributed by atoms with van der Waals surface area (Å²) in [5.74, 6) is 0.0508. The molecule has 2 saturated carbocycles. The van der Waals surface area contributed by atoms with Gasteiger partial charge in [0.25, 0.3) is 0 Å². The molecule has 1 aromatic carbocycles. The van der Waals surface area contributed by atoms with E-state index in [0.717, 1.165) is 45.1 Å². The molecule has 0 unspecified atom stereocenters. The first-order valence-electron chi connectivity index (χ1n) is 7.69. The molecule has 0 saturated heterocycles. The number of hydrogen-bond acceptors (Lipinski definition) is 2. The van der Waals surface area contributed by atoms with Crippen molar-refractivity contribution in [1.82, 2.24) is 5.32 Å². The lowest BCUT2D eigenvalue weighted by Gasteiger charge is -2.25. The topological polar surface area (TPSA) is 55.1 Å². The normalized spacial score (nSPS) is 22.5. The van der Waals surface area contributed by atoms with Crippen molar-refractivity contribution in [2.75, 3.05) is 6.54 Å². The van der Waals surface area contributed by atoms with Gasteiger partial charge in [0.05, 0.1) is 5.54 Å². The Morgan fingerprint density at radius 2 is 1.85 bits per heavy atom. The van der Waals surface area contributed by atoms with Crippen molar-refractivity contribution in [2.45, 2.75) is 56.4 Å². The first-order chi connectivity index (χ1) is 9.56. The summed E-state index contributed by atoms with van der Waals surface area (Å²) in [6, 6.07) is 8.51. The van der Waals surface area contributed by atoms with Crippen LogP contribution in [0.4, 0.5) is 0 Å². The van der Waals surface area contributed by atoms with Gasteiger partial charge in [-0.25, -0.2) is 0 Å². The highest BCUT2D eigenvalue weighted by molar-refractivity contribution is 5.86. The number of rotatable bonds is 4. The fourth-order valence-corrected chi connectivity index (χ4v) is 3.52. The SMILES string of the molecule is Cc1ccccc1C1(CNC(=O)C2(N)CCCC2)CC1. The molecule has 3 N–H and O–H groups in total. The van der Waals surface area contributed by atoms with Crippen molar-refractivity contribution in [2.24, 2.45) is 5.73 Å². The van der Waals surface area contributed by atoms with E-state index in [2.05, 4.69) is 36.5 Å². The van der Waals surface area contributed by atoms with Crippen LogP contribution in [-0.2, 0) is 10.2 Å². The van der Waals surface area contributed by atoms with Crippen molar-refractivity contribution < 1.29 is 4.79 Å². The zero-order chi connectivity index (χ0) is 14.2. The van der Waals surface area contributed by atoms with Crippen LogP contribution in [0.25, 0.3) is 0 Å². The van der Waals surface area contributed by atoms with Crippen LogP contribution in [0.15, 0.2) is 24.3 Å². The lowest BCUT2D eigenvalue weighted by Crippen LogP contribution is -2.53. The molecule has 1 amide bonds. The van der Waals surface area contributed by atoms with Gasteiger partial charge in [0.1, 0.15) is 0 Å². The van der Waals surface area contributed by atoms with Crippen LogP contribution in [-0.4, -0.2) is 18.0 Å². The molecule has 0 aromatic heterocycles. The van der Waals surface area contributed by atoms with Gasteiger partial charge in [-0.1, -0.05) is 37.1 Å².